The van der Waals surface area contributed by atoms with Crippen LogP contribution in [0.3, 0.4) is 0 Å². The van der Waals surface area contributed by atoms with E-state index < -0.39 is 0 Å². The van der Waals surface area contributed by atoms with Crippen LogP contribution in [-0.4, -0.2) is 43.3 Å². The number of likely N-dealkylation sites (tertiary alicyclic amines) is 1. The molecule has 0 spiro atoms. The third-order valence-corrected chi connectivity index (χ3v) is 6.17. The molecular weight excluding hydrogens is 368 g/mol. The Balaban J connectivity index is 1.34. The number of aromatic nitrogens is 5. The van der Waals surface area contributed by atoms with E-state index in [0.29, 0.717) is 30.1 Å². The van der Waals surface area contributed by atoms with Gasteiger partial charge in [0.25, 0.3) is 0 Å². The highest BCUT2D eigenvalue weighted by atomic mass is 16.5. The minimum atomic E-state index is -0.0752. The van der Waals surface area contributed by atoms with Crippen LogP contribution in [0, 0.1) is 11.8 Å². The normalized spacial score (nSPS) is 24.4. The number of pyridine rings is 1. The predicted octanol–water partition coefficient (Wildman–Crippen LogP) is 3.27. The van der Waals surface area contributed by atoms with Crippen molar-refractivity contribution >= 4 is 0 Å². The van der Waals surface area contributed by atoms with Crippen molar-refractivity contribution in [1.82, 2.24) is 30.2 Å². The molecule has 0 unspecified atom stereocenters. The molecule has 0 radical (unpaired) electrons. The molecule has 0 N–H and O–H groups in total. The first-order valence-corrected chi connectivity index (χ1v) is 10.4. The summed E-state index contributed by atoms with van der Waals surface area (Å²) >= 11 is 0. The zero-order chi connectivity index (χ0) is 19.8. The average molecular weight is 394 g/mol. The van der Waals surface area contributed by atoms with Gasteiger partial charge in [0.2, 0.25) is 17.6 Å². The Morgan fingerprint density at radius 2 is 2.17 bits per heavy atom. The summed E-state index contributed by atoms with van der Waals surface area (Å²) in [5.41, 5.74) is 0.806. The van der Waals surface area contributed by atoms with Crippen molar-refractivity contribution in [1.29, 1.82) is 0 Å². The van der Waals surface area contributed by atoms with Crippen LogP contribution in [0.2, 0.25) is 0 Å². The second-order valence-electron chi connectivity index (χ2n) is 8.78. The van der Waals surface area contributed by atoms with Crippen molar-refractivity contribution in [3.05, 3.63) is 42.1 Å². The van der Waals surface area contributed by atoms with Gasteiger partial charge in [-0.25, -0.2) is 0 Å². The Kier molecular flexibility index (Phi) is 4.66. The summed E-state index contributed by atoms with van der Waals surface area (Å²) < 4.78 is 11.3. The maximum atomic E-state index is 5.79. The van der Waals surface area contributed by atoms with Crippen LogP contribution < -0.4 is 0 Å². The molecule has 8 heteroatoms. The Morgan fingerprint density at radius 1 is 1.24 bits per heavy atom. The van der Waals surface area contributed by atoms with E-state index in [4.69, 9.17) is 14.0 Å². The maximum Gasteiger partial charge on any atom is 0.240 e. The SMILES string of the molecule is CC(C)Cc1noc(CN2C[C@H]3CCC[C@@]3(c3nc(-c4cccnc4)no3)C2)n1. The first-order chi connectivity index (χ1) is 14.1. The standard InChI is InChI=1S/C21H26N6O2/c1-14(2)9-17-23-18(28-25-17)12-27-11-16-6-3-7-21(16,13-27)20-24-19(26-29-20)15-5-4-8-22-10-15/h4-5,8,10,14,16H,3,6-7,9,11-13H2,1-2H3/t16-,21-/m1/s1. The Morgan fingerprint density at radius 3 is 3.00 bits per heavy atom. The lowest BCUT2D eigenvalue weighted by atomic mass is 9.80. The van der Waals surface area contributed by atoms with Crippen LogP contribution in [0.5, 0.6) is 0 Å². The fourth-order valence-corrected chi connectivity index (χ4v) is 4.90. The van der Waals surface area contributed by atoms with Gasteiger partial charge in [0.1, 0.15) is 0 Å². The fourth-order valence-electron chi connectivity index (χ4n) is 4.90. The van der Waals surface area contributed by atoms with Crippen molar-refractivity contribution in [2.75, 3.05) is 13.1 Å². The zero-order valence-electron chi connectivity index (χ0n) is 16.9. The molecule has 2 aliphatic rings. The molecule has 3 aromatic heterocycles. The topological polar surface area (TPSA) is 94.0 Å². The van der Waals surface area contributed by atoms with E-state index >= 15 is 0 Å². The van der Waals surface area contributed by atoms with Crippen molar-refractivity contribution in [2.24, 2.45) is 11.8 Å². The molecule has 3 aromatic rings. The van der Waals surface area contributed by atoms with Crippen LogP contribution in [0.25, 0.3) is 11.4 Å². The lowest BCUT2D eigenvalue weighted by Crippen LogP contribution is -2.32. The minimum Gasteiger partial charge on any atom is -0.338 e. The van der Waals surface area contributed by atoms with Gasteiger partial charge in [0.05, 0.1) is 12.0 Å². The molecule has 0 aromatic carbocycles. The highest BCUT2D eigenvalue weighted by molar-refractivity contribution is 5.52. The van der Waals surface area contributed by atoms with E-state index in [0.717, 1.165) is 43.2 Å². The molecule has 29 heavy (non-hydrogen) atoms. The van der Waals surface area contributed by atoms with E-state index in [1.54, 1.807) is 12.4 Å². The molecular formula is C21H26N6O2. The van der Waals surface area contributed by atoms with E-state index in [1.807, 2.05) is 12.1 Å². The first-order valence-electron chi connectivity index (χ1n) is 10.4. The second-order valence-corrected chi connectivity index (χ2v) is 8.78. The number of fused-ring (bicyclic) bond motifs is 1. The van der Waals surface area contributed by atoms with Gasteiger partial charge in [-0.1, -0.05) is 30.6 Å². The molecule has 4 heterocycles. The van der Waals surface area contributed by atoms with Gasteiger partial charge >= 0.3 is 0 Å². The molecule has 8 nitrogen and oxygen atoms in total. The summed E-state index contributed by atoms with van der Waals surface area (Å²) in [7, 11) is 0. The molecule has 1 aliphatic carbocycles. The number of nitrogens with zero attached hydrogens (tertiary/aromatic N) is 6. The Labute approximate surface area is 169 Å². The number of hydrogen-bond acceptors (Lipinski definition) is 8. The summed E-state index contributed by atoms with van der Waals surface area (Å²) in [4.78, 5) is 15.9. The monoisotopic (exact) mass is 394 g/mol. The van der Waals surface area contributed by atoms with Crippen molar-refractivity contribution in [3.8, 4) is 11.4 Å². The number of hydrogen-bond donors (Lipinski definition) is 0. The van der Waals surface area contributed by atoms with Gasteiger partial charge in [-0.15, -0.1) is 0 Å². The van der Waals surface area contributed by atoms with Gasteiger partial charge < -0.3 is 9.05 Å². The molecule has 5 rings (SSSR count). The van der Waals surface area contributed by atoms with E-state index in [1.165, 1.54) is 12.8 Å². The van der Waals surface area contributed by atoms with Gasteiger partial charge in [0, 0.05) is 37.5 Å². The summed E-state index contributed by atoms with van der Waals surface area (Å²) in [6.45, 7) is 6.87. The lowest BCUT2D eigenvalue weighted by Gasteiger charge is -2.24. The molecule has 152 valence electrons. The average Bonchev–Trinajstić information content (AvgIpc) is 3.45. The largest absolute Gasteiger partial charge is 0.338 e. The maximum absolute atomic E-state index is 5.79. The highest BCUT2D eigenvalue weighted by Gasteiger charge is 2.54. The summed E-state index contributed by atoms with van der Waals surface area (Å²) in [6.07, 6.45) is 7.81. The van der Waals surface area contributed by atoms with Gasteiger partial charge in [0.15, 0.2) is 5.82 Å². The Hall–Kier alpha value is -2.61. The summed E-state index contributed by atoms with van der Waals surface area (Å²) in [5, 5.41) is 8.36. The van der Waals surface area contributed by atoms with Crippen LogP contribution in [0.4, 0.5) is 0 Å². The Bertz CT molecular complexity index is 968. The van der Waals surface area contributed by atoms with Crippen LogP contribution >= 0.6 is 0 Å². The molecule has 1 aliphatic heterocycles. The minimum absolute atomic E-state index is 0.0752. The third-order valence-electron chi connectivity index (χ3n) is 6.17. The second kappa shape index (κ2) is 7.33. The first kappa shape index (κ1) is 18.4. The number of rotatable bonds is 6. The van der Waals surface area contributed by atoms with Crippen molar-refractivity contribution in [2.45, 2.75) is 51.5 Å². The van der Waals surface area contributed by atoms with E-state index in [-0.39, 0.29) is 5.41 Å². The predicted molar refractivity (Wildman–Crippen MR) is 105 cm³/mol. The summed E-state index contributed by atoms with van der Waals surface area (Å²) in [5.74, 6) is 3.89. The third kappa shape index (κ3) is 3.46. The zero-order valence-corrected chi connectivity index (χ0v) is 16.9. The lowest BCUT2D eigenvalue weighted by molar-refractivity contribution is 0.228. The molecule has 0 bridgehead atoms. The fraction of sp³-hybridized carbons (Fsp3) is 0.571. The quantitative estimate of drug-likeness (QED) is 0.629. The molecule has 2 fully saturated rings. The smallest absolute Gasteiger partial charge is 0.240 e. The van der Waals surface area contributed by atoms with Gasteiger partial charge in [-0.05, 0) is 36.8 Å². The van der Waals surface area contributed by atoms with E-state index in [2.05, 4.69) is 39.0 Å². The molecule has 1 saturated heterocycles. The van der Waals surface area contributed by atoms with Gasteiger partial charge in [-0.3, -0.25) is 9.88 Å². The molecule has 0 amide bonds. The summed E-state index contributed by atoms with van der Waals surface area (Å²) in [6, 6.07) is 3.84. The van der Waals surface area contributed by atoms with Gasteiger partial charge in [-0.2, -0.15) is 9.97 Å². The van der Waals surface area contributed by atoms with Crippen LogP contribution in [0.1, 0.15) is 50.7 Å². The van der Waals surface area contributed by atoms with Crippen LogP contribution in [0.15, 0.2) is 33.6 Å². The van der Waals surface area contributed by atoms with Crippen molar-refractivity contribution < 1.29 is 9.05 Å². The van der Waals surface area contributed by atoms with Crippen LogP contribution in [-0.2, 0) is 18.4 Å². The van der Waals surface area contributed by atoms with Crippen molar-refractivity contribution in [3.63, 3.8) is 0 Å². The highest BCUT2D eigenvalue weighted by Crippen LogP contribution is 2.50. The molecule has 2 atom stereocenters. The molecule has 1 saturated carbocycles. The van der Waals surface area contributed by atoms with E-state index in [9.17, 15) is 0 Å².